The van der Waals surface area contributed by atoms with Crippen LogP contribution >= 0.6 is 0 Å². The maximum absolute atomic E-state index is 14.3. The quantitative estimate of drug-likeness (QED) is 0.103. The number of nitrogens with one attached hydrogen (secondary N) is 3. The van der Waals surface area contributed by atoms with Gasteiger partial charge in [0.1, 0.15) is 17.8 Å². The minimum atomic E-state index is -0.876. The van der Waals surface area contributed by atoms with E-state index >= 15 is 0 Å². The average molecular weight is 959 g/mol. The first-order chi connectivity index (χ1) is 34.3. The van der Waals surface area contributed by atoms with Gasteiger partial charge >= 0.3 is 0 Å². The summed E-state index contributed by atoms with van der Waals surface area (Å²) in [6, 6.07) is 26.0. The molecule has 71 heavy (non-hydrogen) atoms. The zero-order chi connectivity index (χ0) is 49.4. The monoisotopic (exact) mass is 958 g/mol. The topological polar surface area (TPSA) is 207 Å². The number of aromatic nitrogens is 6. The Kier molecular flexibility index (Phi) is 13.2. The van der Waals surface area contributed by atoms with Crippen LogP contribution in [0.2, 0.25) is 0 Å². The molecule has 1 aliphatic carbocycles. The number of aromatic hydroxyl groups is 1. The van der Waals surface area contributed by atoms with Gasteiger partial charge in [-0.2, -0.15) is 5.10 Å². The van der Waals surface area contributed by atoms with Crippen LogP contribution in [0.25, 0.3) is 33.6 Å². The Bertz CT molecular complexity index is 2880. The summed E-state index contributed by atoms with van der Waals surface area (Å²) in [5.74, 6) is 0.824. The van der Waals surface area contributed by atoms with E-state index in [2.05, 4.69) is 65.3 Å². The first kappa shape index (κ1) is 47.3. The molecule has 10 rings (SSSR count). The van der Waals surface area contributed by atoms with Crippen LogP contribution in [0.4, 0.5) is 17.5 Å². The lowest BCUT2D eigenvalue weighted by Crippen LogP contribution is -2.58. The van der Waals surface area contributed by atoms with Gasteiger partial charge in [0, 0.05) is 88.4 Å². The third-order valence-electron chi connectivity index (χ3n) is 14.8. The van der Waals surface area contributed by atoms with E-state index in [9.17, 15) is 24.6 Å². The van der Waals surface area contributed by atoms with Gasteiger partial charge in [0.25, 0.3) is 0 Å². The van der Waals surface area contributed by atoms with Gasteiger partial charge in [-0.05, 0) is 83.5 Å². The van der Waals surface area contributed by atoms with E-state index in [1.807, 2.05) is 88.7 Å². The molecule has 4 atom stereocenters. The highest BCUT2D eigenvalue weighted by atomic mass is 16.3. The minimum absolute atomic E-state index is 0.0236. The number of carbonyl (C=O) groups is 3. The first-order valence-corrected chi connectivity index (χ1v) is 24.7. The highest BCUT2D eigenvalue weighted by Gasteiger charge is 2.45. The van der Waals surface area contributed by atoms with Gasteiger partial charge in [-0.1, -0.05) is 81.4 Å². The highest BCUT2D eigenvalue weighted by molar-refractivity contribution is 5.93. The molecule has 1 saturated carbocycles. The smallest absolute Gasteiger partial charge is 0.246 e. The van der Waals surface area contributed by atoms with Crippen LogP contribution < -0.4 is 25.8 Å². The SMILES string of the molecule is Cn1nccc1-c1ccc(CNC(=O)[C@@H]2C[C@@H](O)CN2C(=O)[C@@H](NC(=O)[C@H]2CC[C@H](c3ccc(-c4cnc(N5CCN6c7cc(-c8ccccc8O)nnc7NC[C@H]6C5)nc4)cc3)CC2)C(C)(C)C)cc1. The number of carbonyl (C=O) groups excluding carboxylic acids is 3. The second kappa shape index (κ2) is 19.8. The van der Waals surface area contributed by atoms with Crippen LogP contribution in [0.15, 0.2) is 104 Å². The Morgan fingerprint density at radius 1 is 0.845 bits per heavy atom. The number of phenols is 1. The van der Waals surface area contributed by atoms with E-state index in [-0.39, 0.29) is 54.9 Å². The predicted molar refractivity (Wildman–Crippen MR) is 271 cm³/mol. The van der Waals surface area contributed by atoms with Gasteiger partial charge in [-0.15, -0.1) is 10.2 Å². The van der Waals surface area contributed by atoms with Crippen LogP contribution in [0, 0.1) is 11.3 Å². The van der Waals surface area contributed by atoms with Crippen molar-refractivity contribution in [3.8, 4) is 39.4 Å². The van der Waals surface area contributed by atoms with Crippen molar-refractivity contribution in [2.45, 2.75) is 89.6 Å². The fraction of sp³-hybridized carbons (Fsp3) is 0.407. The third kappa shape index (κ3) is 10.0. The fourth-order valence-electron chi connectivity index (χ4n) is 10.7. The molecule has 3 aromatic heterocycles. The van der Waals surface area contributed by atoms with E-state index < -0.39 is 23.6 Å². The number of benzene rings is 3. The molecule has 3 aliphatic heterocycles. The molecule has 0 radical (unpaired) electrons. The molecule has 6 aromatic rings. The summed E-state index contributed by atoms with van der Waals surface area (Å²) < 4.78 is 1.80. The second-order valence-corrected chi connectivity index (χ2v) is 20.6. The maximum Gasteiger partial charge on any atom is 0.246 e. The van der Waals surface area contributed by atoms with Crippen molar-refractivity contribution in [2.24, 2.45) is 18.4 Å². The zero-order valence-electron chi connectivity index (χ0n) is 40.7. The Labute approximate surface area is 413 Å². The van der Waals surface area contributed by atoms with Crippen molar-refractivity contribution in [3.05, 3.63) is 115 Å². The summed E-state index contributed by atoms with van der Waals surface area (Å²) in [4.78, 5) is 57.5. The molecule has 4 aliphatic rings. The number of para-hydroxylation sites is 1. The van der Waals surface area contributed by atoms with Crippen molar-refractivity contribution in [3.63, 3.8) is 0 Å². The van der Waals surface area contributed by atoms with Gasteiger partial charge in [-0.25, -0.2) is 9.97 Å². The maximum atomic E-state index is 14.3. The number of likely N-dealkylation sites (tertiary alicyclic amines) is 1. The normalized spacial score (nSPS) is 21.4. The summed E-state index contributed by atoms with van der Waals surface area (Å²) in [6.07, 6.45) is 7.88. The van der Waals surface area contributed by atoms with Crippen LogP contribution in [-0.4, -0.2) is 120 Å². The Hall–Kier alpha value is -7.40. The zero-order valence-corrected chi connectivity index (χ0v) is 40.7. The Balaban J connectivity index is 0.708. The number of rotatable bonds is 11. The largest absolute Gasteiger partial charge is 0.507 e. The molecule has 2 saturated heterocycles. The van der Waals surface area contributed by atoms with E-state index in [1.54, 1.807) is 23.0 Å². The van der Waals surface area contributed by atoms with Crippen LogP contribution in [0.1, 0.15) is 69.9 Å². The summed E-state index contributed by atoms with van der Waals surface area (Å²) in [6.45, 7) is 9.00. The molecule has 0 unspecified atom stereocenters. The Morgan fingerprint density at radius 3 is 2.28 bits per heavy atom. The number of phenolic OH excluding ortho intramolecular Hbond substituents is 1. The predicted octanol–water partition coefficient (Wildman–Crippen LogP) is 5.91. The number of aliphatic hydroxyl groups is 1. The number of hydrogen-bond donors (Lipinski definition) is 5. The highest BCUT2D eigenvalue weighted by Crippen LogP contribution is 2.39. The molecular weight excluding hydrogens is 897 g/mol. The van der Waals surface area contributed by atoms with Gasteiger partial charge < -0.3 is 40.9 Å². The number of aryl methyl sites for hydroxylation is 1. The van der Waals surface area contributed by atoms with Gasteiger partial charge in [0.2, 0.25) is 23.7 Å². The van der Waals surface area contributed by atoms with E-state index in [0.29, 0.717) is 42.5 Å². The molecule has 3 aromatic carbocycles. The number of nitrogens with zero attached hydrogens (tertiary/aromatic N) is 9. The number of fused-ring (bicyclic) bond motifs is 3. The van der Waals surface area contributed by atoms with E-state index in [1.165, 1.54) is 10.5 Å². The number of aliphatic hydroxyl groups excluding tert-OH is 1. The third-order valence-corrected chi connectivity index (χ3v) is 14.8. The second-order valence-electron chi connectivity index (χ2n) is 20.6. The van der Waals surface area contributed by atoms with E-state index in [0.717, 1.165) is 71.9 Å². The number of hydrogen-bond acceptors (Lipinski definition) is 13. The van der Waals surface area contributed by atoms with Crippen molar-refractivity contribution < 1.29 is 24.6 Å². The van der Waals surface area contributed by atoms with Crippen molar-refractivity contribution in [1.82, 2.24) is 45.5 Å². The molecule has 0 bridgehead atoms. The Morgan fingerprint density at radius 2 is 1.58 bits per heavy atom. The molecular formula is C54H62N12O5. The summed E-state index contributed by atoms with van der Waals surface area (Å²) in [5.41, 5.74) is 7.70. The van der Waals surface area contributed by atoms with Crippen molar-refractivity contribution >= 4 is 35.2 Å². The molecule has 6 heterocycles. The molecule has 17 nitrogen and oxygen atoms in total. The lowest BCUT2D eigenvalue weighted by molar-refractivity contribution is -0.144. The number of piperazine rings is 1. The van der Waals surface area contributed by atoms with Gasteiger partial charge in [0.15, 0.2) is 5.82 Å². The lowest BCUT2D eigenvalue weighted by atomic mass is 9.77. The molecule has 0 spiro atoms. The molecule has 5 N–H and O–H groups in total. The summed E-state index contributed by atoms with van der Waals surface area (Å²) in [7, 11) is 1.89. The van der Waals surface area contributed by atoms with Crippen molar-refractivity contribution in [2.75, 3.05) is 47.8 Å². The fourth-order valence-corrected chi connectivity index (χ4v) is 10.7. The molecule has 3 amide bonds. The summed E-state index contributed by atoms with van der Waals surface area (Å²) in [5, 5.41) is 43.7. The van der Waals surface area contributed by atoms with Crippen molar-refractivity contribution in [1.29, 1.82) is 0 Å². The first-order valence-electron chi connectivity index (χ1n) is 24.7. The molecule has 3 fully saturated rings. The van der Waals surface area contributed by atoms with Crippen LogP contribution in [0.3, 0.4) is 0 Å². The number of amides is 3. The van der Waals surface area contributed by atoms with E-state index in [4.69, 9.17) is 9.97 Å². The summed E-state index contributed by atoms with van der Waals surface area (Å²) >= 11 is 0. The van der Waals surface area contributed by atoms with Crippen LogP contribution in [-0.2, 0) is 28.0 Å². The average Bonchev–Trinajstić information content (AvgIpc) is 4.01. The van der Waals surface area contributed by atoms with Gasteiger partial charge in [-0.3, -0.25) is 19.1 Å². The number of anilines is 3. The van der Waals surface area contributed by atoms with Crippen LogP contribution in [0.5, 0.6) is 5.75 Å². The number of β-amino-alcohol motifs (C(OH)–C–C–N with tert-alkyl or cyclic N) is 1. The lowest BCUT2D eigenvalue weighted by Gasteiger charge is -2.45. The molecule has 368 valence electrons. The standard InChI is InChI=1S/C54H62N12O5/c1-54(2,3)48(52(71)66-32-41(67)25-46(66)51(70)56-27-33-9-11-37(12-10-33)44-21-22-59-63(44)4)60-50(69)38-19-17-35(18-20-38)34-13-15-36(16-14-34)39-28-57-53(58-29-39)64-23-24-65-40(31-64)30-55-49-45(65)26-43(61-62-49)42-7-5-6-8-47(42)68/h5-16,21-22,26,28-29,35,38,40-41,46,48,67-68H,17-20,23-25,27,30-32H2,1-4H3,(H,55,62)(H,56,70)(H,60,69)/t35-,38-,40-,41+,46-,48+/m0/s1. The molecule has 17 heteroatoms. The van der Waals surface area contributed by atoms with Gasteiger partial charge in [0.05, 0.1) is 29.2 Å². The minimum Gasteiger partial charge on any atom is -0.507 e.